The number of rotatable bonds is 3. The minimum Gasteiger partial charge on any atom is -0.480 e. The number of ketones is 2. The van der Waals surface area contributed by atoms with E-state index in [1.807, 2.05) is 0 Å². The first-order valence-corrected chi connectivity index (χ1v) is 7.37. The minimum absolute atomic E-state index is 0.0562. The fourth-order valence-corrected chi connectivity index (χ4v) is 4.08. The Hall–Kier alpha value is -2.50. The maximum Gasteiger partial charge on any atom is 0.321 e. The molecule has 1 aromatic rings. The van der Waals surface area contributed by atoms with Crippen molar-refractivity contribution in [3.8, 4) is 0 Å². The molecule has 2 aliphatic rings. The molecule has 6 heteroatoms. The maximum absolute atomic E-state index is 12.4. The van der Waals surface area contributed by atoms with Gasteiger partial charge in [-0.2, -0.15) is 0 Å². The summed E-state index contributed by atoms with van der Waals surface area (Å²) in [5.74, 6) is -4.12. The molecule has 2 aliphatic carbocycles. The molecule has 2 fully saturated rings. The summed E-state index contributed by atoms with van der Waals surface area (Å²) in [4.78, 5) is 47.4. The fraction of sp³-hybridized carbons (Fsp3) is 0.412. The van der Waals surface area contributed by atoms with Crippen LogP contribution in [0.2, 0.25) is 0 Å². The average molecular weight is 316 g/mol. The lowest BCUT2D eigenvalue weighted by atomic mass is 9.47. The highest BCUT2D eigenvalue weighted by atomic mass is 16.4. The van der Waals surface area contributed by atoms with Crippen molar-refractivity contribution in [2.75, 3.05) is 0 Å². The summed E-state index contributed by atoms with van der Waals surface area (Å²) in [6, 6.07) is 8.74. The van der Waals surface area contributed by atoms with Crippen molar-refractivity contribution in [3.63, 3.8) is 0 Å². The third-order valence-corrected chi connectivity index (χ3v) is 5.05. The topological polar surface area (TPSA) is 109 Å². The molecule has 23 heavy (non-hydrogen) atoms. The number of aliphatic carboxylic acids is 2. The minimum atomic E-state index is -1.86. The van der Waals surface area contributed by atoms with E-state index < -0.39 is 28.7 Å². The van der Waals surface area contributed by atoms with Gasteiger partial charge in [-0.15, -0.1) is 0 Å². The van der Waals surface area contributed by atoms with Gasteiger partial charge in [0.25, 0.3) is 0 Å². The summed E-state index contributed by atoms with van der Waals surface area (Å²) in [5, 5.41) is 18.4. The van der Waals surface area contributed by atoms with Crippen LogP contribution < -0.4 is 0 Å². The van der Waals surface area contributed by atoms with E-state index in [0.29, 0.717) is 5.56 Å². The van der Waals surface area contributed by atoms with Crippen LogP contribution in [0.25, 0.3) is 0 Å². The highest BCUT2D eigenvalue weighted by molar-refractivity contribution is 6.11. The van der Waals surface area contributed by atoms with Gasteiger partial charge in [0.1, 0.15) is 17.5 Å². The SMILES string of the molecule is O=C1CC2(CC(=O)C1c1ccccc1)CC(C(=O)O)(C(=O)O)C2. The maximum atomic E-state index is 12.4. The van der Waals surface area contributed by atoms with Gasteiger partial charge < -0.3 is 10.2 Å². The van der Waals surface area contributed by atoms with Crippen molar-refractivity contribution >= 4 is 23.5 Å². The van der Waals surface area contributed by atoms with Crippen LogP contribution in [0.15, 0.2) is 30.3 Å². The van der Waals surface area contributed by atoms with E-state index in [9.17, 15) is 29.4 Å². The number of benzene rings is 1. The Morgan fingerprint density at radius 2 is 1.39 bits per heavy atom. The molecule has 2 N–H and O–H groups in total. The molecule has 0 heterocycles. The summed E-state index contributed by atoms with van der Waals surface area (Å²) in [6.45, 7) is 0. The number of carboxylic acids is 2. The largest absolute Gasteiger partial charge is 0.480 e. The Labute approximate surface area is 132 Å². The van der Waals surface area contributed by atoms with Crippen molar-refractivity contribution < 1.29 is 29.4 Å². The molecule has 0 amide bonds. The van der Waals surface area contributed by atoms with Crippen LogP contribution in [0.1, 0.15) is 37.2 Å². The van der Waals surface area contributed by atoms with Gasteiger partial charge in [-0.3, -0.25) is 19.2 Å². The first kappa shape index (κ1) is 15.4. The van der Waals surface area contributed by atoms with Crippen LogP contribution >= 0.6 is 0 Å². The van der Waals surface area contributed by atoms with E-state index in [0.717, 1.165) is 0 Å². The lowest BCUT2D eigenvalue weighted by Crippen LogP contribution is -2.59. The molecule has 2 saturated carbocycles. The smallest absolute Gasteiger partial charge is 0.321 e. The highest BCUT2D eigenvalue weighted by Gasteiger charge is 2.66. The van der Waals surface area contributed by atoms with E-state index in [-0.39, 0.29) is 37.2 Å². The van der Waals surface area contributed by atoms with E-state index in [4.69, 9.17) is 0 Å². The average Bonchev–Trinajstić information content (AvgIpc) is 2.44. The van der Waals surface area contributed by atoms with Gasteiger partial charge in [0.15, 0.2) is 5.41 Å². The van der Waals surface area contributed by atoms with E-state index in [1.165, 1.54) is 0 Å². The normalized spacial score (nSPS) is 22.6. The van der Waals surface area contributed by atoms with Gasteiger partial charge in [0.2, 0.25) is 0 Å². The number of carboxylic acid groups (broad SMARTS) is 2. The summed E-state index contributed by atoms with van der Waals surface area (Å²) in [6.07, 6.45) is -0.214. The summed E-state index contributed by atoms with van der Waals surface area (Å²) in [5.41, 5.74) is -2.03. The van der Waals surface area contributed by atoms with Gasteiger partial charge in [-0.25, -0.2) is 0 Å². The lowest BCUT2D eigenvalue weighted by Gasteiger charge is -2.53. The molecule has 1 spiro atoms. The van der Waals surface area contributed by atoms with Crippen LogP contribution in [-0.2, 0) is 19.2 Å². The molecule has 0 unspecified atom stereocenters. The van der Waals surface area contributed by atoms with Crippen molar-refractivity contribution in [2.24, 2.45) is 10.8 Å². The second kappa shape index (κ2) is 5.01. The Balaban J connectivity index is 1.82. The van der Waals surface area contributed by atoms with Crippen molar-refractivity contribution in [1.82, 2.24) is 0 Å². The van der Waals surface area contributed by atoms with Crippen molar-refractivity contribution in [2.45, 2.75) is 31.6 Å². The third-order valence-electron chi connectivity index (χ3n) is 5.05. The highest BCUT2D eigenvalue weighted by Crippen LogP contribution is 2.61. The molecule has 0 saturated heterocycles. The molecule has 0 aromatic heterocycles. The number of hydrogen-bond donors (Lipinski definition) is 2. The number of carbonyl (C=O) groups is 4. The lowest BCUT2D eigenvalue weighted by molar-refractivity contribution is -0.188. The van der Waals surface area contributed by atoms with E-state index >= 15 is 0 Å². The standard InChI is InChI=1S/C17H16O6/c18-11-6-16(8-17(9-16,14(20)21)15(22)23)7-12(19)13(11)10-4-2-1-3-5-10/h1-5,13H,6-9H2,(H,20,21)(H,22,23). The molecule has 0 aliphatic heterocycles. The Kier molecular flexibility index (Phi) is 3.35. The van der Waals surface area contributed by atoms with Crippen LogP contribution in [-0.4, -0.2) is 33.7 Å². The second-order valence-corrected chi connectivity index (χ2v) is 6.68. The van der Waals surface area contributed by atoms with Crippen LogP contribution in [0, 0.1) is 10.8 Å². The summed E-state index contributed by atoms with van der Waals surface area (Å²) >= 11 is 0. The molecule has 0 radical (unpaired) electrons. The zero-order valence-corrected chi connectivity index (χ0v) is 12.3. The predicted molar refractivity (Wildman–Crippen MR) is 77.8 cm³/mol. The van der Waals surface area contributed by atoms with Gasteiger partial charge in [-0.05, 0) is 23.8 Å². The number of Topliss-reactive ketones (excluding diaryl/α,β-unsaturated/α-hetero) is 2. The Morgan fingerprint density at radius 1 is 0.913 bits per heavy atom. The van der Waals surface area contributed by atoms with Crippen LogP contribution in [0.4, 0.5) is 0 Å². The molecular formula is C17H16O6. The van der Waals surface area contributed by atoms with E-state index in [1.54, 1.807) is 30.3 Å². The molecule has 120 valence electrons. The monoisotopic (exact) mass is 316 g/mol. The third kappa shape index (κ3) is 2.25. The molecular weight excluding hydrogens is 300 g/mol. The number of hydrogen-bond acceptors (Lipinski definition) is 4. The van der Waals surface area contributed by atoms with Crippen molar-refractivity contribution in [1.29, 1.82) is 0 Å². The molecule has 0 bridgehead atoms. The second-order valence-electron chi connectivity index (χ2n) is 6.68. The van der Waals surface area contributed by atoms with Crippen LogP contribution in [0.5, 0.6) is 0 Å². The first-order chi connectivity index (χ1) is 10.8. The van der Waals surface area contributed by atoms with Gasteiger partial charge >= 0.3 is 11.9 Å². The molecule has 6 nitrogen and oxygen atoms in total. The van der Waals surface area contributed by atoms with Crippen molar-refractivity contribution in [3.05, 3.63) is 35.9 Å². The van der Waals surface area contributed by atoms with Gasteiger partial charge in [-0.1, -0.05) is 30.3 Å². The van der Waals surface area contributed by atoms with Gasteiger partial charge in [0, 0.05) is 12.8 Å². The zero-order chi connectivity index (χ0) is 16.8. The predicted octanol–water partition coefficient (Wildman–Crippen LogP) is 1.64. The molecule has 1 aromatic carbocycles. The fourth-order valence-electron chi connectivity index (χ4n) is 4.08. The Bertz CT molecular complexity index is 663. The quantitative estimate of drug-likeness (QED) is 0.821. The van der Waals surface area contributed by atoms with Crippen LogP contribution in [0.3, 0.4) is 0 Å². The summed E-state index contributed by atoms with van der Waals surface area (Å²) in [7, 11) is 0. The van der Waals surface area contributed by atoms with Gasteiger partial charge in [0.05, 0.1) is 0 Å². The van der Waals surface area contributed by atoms with E-state index in [2.05, 4.69) is 0 Å². The first-order valence-electron chi connectivity index (χ1n) is 7.37. The number of carbonyl (C=O) groups excluding carboxylic acids is 2. The summed E-state index contributed by atoms with van der Waals surface area (Å²) < 4.78 is 0. The Morgan fingerprint density at radius 3 is 1.83 bits per heavy atom. The molecule has 3 rings (SSSR count). The zero-order valence-electron chi connectivity index (χ0n) is 12.3. The molecule has 0 atom stereocenters.